The lowest BCUT2D eigenvalue weighted by atomic mass is 10.4. The molecule has 0 saturated carbocycles. The summed E-state index contributed by atoms with van der Waals surface area (Å²) < 4.78 is 2.90. The SMILES string of the molecule is CCn1c(O)c(/N=N/c2cccnc2)c(=O)n1CC. The van der Waals surface area contributed by atoms with Crippen LogP contribution in [0.2, 0.25) is 0 Å². The molecule has 0 amide bonds. The number of hydrogen-bond donors (Lipinski definition) is 1. The highest BCUT2D eigenvalue weighted by Gasteiger charge is 2.17. The number of hydrogen-bond acceptors (Lipinski definition) is 5. The fourth-order valence-corrected chi connectivity index (χ4v) is 1.81. The van der Waals surface area contributed by atoms with Crippen molar-refractivity contribution in [1.82, 2.24) is 14.3 Å². The van der Waals surface area contributed by atoms with Gasteiger partial charge in [-0.2, -0.15) is 0 Å². The molecule has 0 spiro atoms. The Morgan fingerprint density at radius 2 is 2.00 bits per heavy atom. The molecular formula is C12H15N5O2. The summed E-state index contributed by atoms with van der Waals surface area (Å²) in [6.07, 6.45) is 3.14. The summed E-state index contributed by atoms with van der Waals surface area (Å²) in [5.74, 6) is -0.165. The fourth-order valence-electron chi connectivity index (χ4n) is 1.81. The third kappa shape index (κ3) is 2.40. The topological polar surface area (TPSA) is 84.8 Å². The lowest BCUT2D eigenvalue weighted by molar-refractivity contribution is 0.366. The van der Waals surface area contributed by atoms with Gasteiger partial charge in [-0.25, -0.2) is 9.36 Å². The molecule has 0 unspecified atom stereocenters. The maximum absolute atomic E-state index is 12.0. The standard InChI is InChI=1S/C12H15N5O2/c1-3-16-11(18)10(12(19)17(16)4-2)15-14-9-6-5-7-13-8-9/h5-8,18H,3-4H2,1-2H3/b15-14+. The van der Waals surface area contributed by atoms with Crippen LogP contribution in [0.15, 0.2) is 39.5 Å². The van der Waals surface area contributed by atoms with Crippen molar-refractivity contribution in [3.05, 3.63) is 34.9 Å². The number of aromatic nitrogens is 3. The maximum atomic E-state index is 12.0. The molecule has 100 valence electrons. The maximum Gasteiger partial charge on any atom is 0.298 e. The average molecular weight is 261 g/mol. The Kier molecular flexibility index (Phi) is 3.74. The van der Waals surface area contributed by atoms with E-state index in [2.05, 4.69) is 15.2 Å². The monoisotopic (exact) mass is 261 g/mol. The van der Waals surface area contributed by atoms with Crippen molar-refractivity contribution in [2.75, 3.05) is 0 Å². The smallest absolute Gasteiger partial charge is 0.298 e. The minimum atomic E-state index is -0.352. The number of rotatable bonds is 4. The summed E-state index contributed by atoms with van der Waals surface area (Å²) in [4.78, 5) is 15.9. The van der Waals surface area contributed by atoms with Crippen molar-refractivity contribution in [3.63, 3.8) is 0 Å². The van der Waals surface area contributed by atoms with E-state index in [1.165, 1.54) is 15.6 Å². The van der Waals surface area contributed by atoms with Gasteiger partial charge in [0.1, 0.15) is 5.69 Å². The van der Waals surface area contributed by atoms with Crippen LogP contribution >= 0.6 is 0 Å². The Morgan fingerprint density at radius 3 is 2.53 bits per heavy atom. The van der Waals surface area contributed by atoms with E-state index in [4.69, 9.17) is 0 Å². The molecule has 7 heteroatoms. The van der Waals surface area contributed by atoms with Gasteiger partial charge in [-0.15, -0.1) is 10.2 Å². The first-order valence-electron chi connectivity index (χ1n) is 6.03. The summed E-state index contributed by atoms with van der Waals surface area (Å²) in [6.45, 7) is 4.61. The zero-order valence-electron chi connectivity index (χ0n) is 10.8. The van der Waals surface area contributed by atoms with E-state index in [0.717, 1.165) is 0 Å². The molecule has 0 atom stereocenters. The third-order valence-corrected chi connectivity index (χ3v) is 2.70. The van der Waals surface area contributed by atoms with Crippen LogP contribution in [-0.2, 0) is 13.1 Å². The summed E-state index contributed by atoms with van der Waals surface area (Å²) in [5, 5.41) is 17.7. The molecule has 0 saturated heterocycles. The predicted octanol–water partition coefficient (Wildman–Crippen LogP) is 2.21. The summed E-state index contributed by atoms with van der Waals surface area (Å²) in [5.41, 5.74) is 0.121. The highest BCUT2D eigenvalue weighted by molar-refractivity contribution is 5.45. The number of nitrogens with zero attached hydrogens (tertiary/aromatic N) is 5. The highest BCUT2D eigenvalue weighted by atomic mass is 16.3. The molecule has 0 bridgehead atoms. The zero-order valence-corrected chi connectivity index (χ0v) is 10.8. The van der Waals surface area contributed by atoms with Crippen LogP contribution in [0.5, 0.6) is 5.88 Å². The Bertz CT molecular complexity index is 642. The molecule has 2 heterocycles. The van der Waals surface area contributed by atoms with Crippen LogP contribution in [0.3, 0.4) is 0 Å². The Morgan fingerprint density at radius 1 is 1.26 bits per heavy atom. The molecule has 0 aromatic carbocycles. The number of pyridine rings is 1. The summed E-state index contributed by atoms with van der Waals surface area (Å²) in [7, 11) is 0. The van der Waals surface area contributed by atoms with Crippen LogP contribution in [0.1, 0.15) is 13.8 Å². The summed E-state index contributed by atoms with van der Waals surface area (Å²) in [6, 6.07) is 3.43. The first-order valence-corrected chi connectivity index (χ1v) is 6.03. The molecule has 2 aromatic rings. The number of azo groups is 1. The van der Waals surface area contributed by atoms with E-state index in [1.54, 1.807) is 18.3 Å². The lowest BCUT2D eigenvalue weighted by Gasteiger charge is -2.06. The Labute approximate surface area is 109 Å². The molecule has 0 fully saturated rings. The first kappa shape index (κ1) is 13.0. The molecule has 1 N–H and O–H groups in total. The van der Waals surface area contributed by atoms with E-state index in [9.17, 15) is 9.90 Å². The molecule has 0 aliphatic rings. The van der Waals surface area contributed by atoms with Crippen LogP contribution in [0, 0.1) is 0 Å². The quantitative estimate of drug-likeness (QED) is 0.856. The molecule has 0 radical (unpaired) electrons. The van der Waals surface area contributed by atoms with Crippen LogP contribution < -0.4 is 5.56 Å². The molecule has 2 rings (SSSR count). The van der Waals surface area contributed by atoms with Crippen LogP contribution in [0.4, 0.5) is 11.4 Å². The van der Waals surface area contributed by atoms with E-state index in [-0.39, 0.29) is 17.1 Å². The van der Waals surface area contributed by atoms with Gasteiger partial charge in [0, 0.05) is 19.3 Å². The van der Waals surface area contributed by atoms with Crippen molar-refractivity contribution >= 4 is 11.4 Å². The minimum absolute atomic E-state index is 0.0486. The second kappa shape index (κ2) is 5.47. The normalized spacial score (nSPS) is 11.3. The van der Waals surface area contributed by atoms with Gasteiger partial charge in [-0.05, 0) is 26.0 Å². The van der Waals surface area contributed by atoms with Crippen molar-refractivity contribution in [3.8, 4) is 5.88 Å². The Hall–Kier alpha value is -2.44. The predicted molar refractivity (Wildman–Crippen MR) is 70.1 cm³/mol. The average Bonchev–Trinajstić information content (AvgIpc) is 2.68. The molecule has 19 heavy (non-hydrogen) atoms. The van der Waals surface area contributed by atoms with E-state index < -0.39 is 0 Å². The van der Waals surface area contributed by atoms with Crippen molar-refractivity contribution in [1.29, 1.82) is 0 Å². The molecule has 0 aliphatic heterocycles. The van der Waals surface area contributed by atoms with Gasteiger partial charge < -0.3 is 5.11 Å². The summed E-state index contributed by atoms with van der Waals surface area (Å²) >= 11 is 0. The molecule has 0 aliphatic carbocycles. The van der Waals surface area contributed by atoms with Gasteiger partial charge in [0.2, 0.25) is 11.6 Å². The van der Waals surface area contributed by atoms with Gasteiger partial charge in [-0.1, -0.05) is 0 Å². The van der Waals surface area contributed by atoms with Crippen molar-refractivity contribution in [2.24, 2.45) is 10.2 Å². The first-order chi connectivity index (χ1) is 9.19. The minimum Gasteiger partial charge on any atom is -0.492 e. The third-order valence-electron chi connectivity index (χ3n) is 2.70. The largest absolute Gasteiger partial charge is 0.492 e. The molecular weight excluding hydrogens is 246 g/mol. The second-order valence-corrected chi connectivity index (χ2v) is 3.82. The second-order valence-electron chi connectivity index (χ2n) is 3.82. The van der Waals surface area contributed by atoms with Gasteiger partial charge in [0.25, 0.3) is 5.56 Å². The lowest BCUT2D eigenvalue weighted by Crippen LogP contribution is -2.21. The molecule has 2 aromatic heterocycles. The highest BCUT2D eigenvalue weighted by Crippen LogP contribution is 2.24. The van der Waals surface area contributed by atoms with E-state index in [1.807, 2.05) is 13.8 Å². The van der Waals surface area contributed by atoms with Crippen molar-refractivity contribution in [2.45, 2.75) is 26.9 Å². The van der Waals surface area contributed by atoms with E-state index >= 15 is 0 Å². The van der Waals surface area contributed by atoms with E-state index in [0.29, 0.717) is 18.8 Å². The van der Waals surface area contributed by atoms with Crippen LogP contribution in [-0.4, -0.2) is 19.5 Å². The fraction of sp³-hybridized carbons (Fsp3) is 0.333. The van der Waals surface area contributed by atoms with Gasteiger partial charge in [0.15, 0.2) is 0 Å². The van der Waals surface area contributed by atoms with Gasteiger partial charge in [0.05, 0.1) is 6.20 Å². The van der Waals surface area contributed by atoms with Crippen LogP contribution in [0.25, 0.3) is 0 Å². The zero-order chi connectivity index (χ0) is 13.8. The number of aromatic hydroxyl groups is 1. The van der Waals surface area contributed by atoms with Crippen molar-refractivity contribution < 1.29 is 5.11 Å². The molecule has 7 nitrogen and oxygen atoms in total. The van der Waals surface area contributed by atoms with Gasteiger partial charge in [-0.3, -0.25) is 9.78 Å². The van der Waals surface area contributed by atoms with Gasteiger partial charge >= 0.3 is 0 Å². The Balaban J connectivity index is 2.44.